The van der Waals surface area contributed by atoms with E-state index >= 15 is 0 Å². The van der Waals surface area contributed by atoms with Gasteiger partial charge in [0.1, 0.15) is 15.7 Å². The van der Waals surface area contributed by atoms with E-state index in [1.54, 1.807) is 24.0 Å². The minimum Gasteiger partial charge on any atom is -0.389 e. The van der Waals surface area contributed by atoms with Gasteiger partial charge in [0.2, 0.25) is 10.0 Å². The molecule has 3 N–H and O–H groups in total. The predicted octanol–water partition coefficient (Wildman–Crippen LogP) is 1.19. The lowest BCUT2D eigenvalue weighted by Gasteiger charge is -2.09. The van der Waals surface area contributed by atoms with Gasteiger partial charge in [-0.1, -0.05) is 29.9 Å². The van der Waals surface area contributed by atoms with Gasteiger partial charge in [-0.25, -0.2) is 18.1 Å². The standard InChI is InChI=1S/C12H13ClN4O2S2/c1-17-5-4-15-11(17)7-16-21(18,19)10-3-2-8(12(14)20)6-9(10)13/h2-6,16H,7H2,1H3,(H2,14,20). The third-order valence-corrected chi connectivity index (χ3v) is 4.97. The van der Waals surface area contributed by atoms with Crippen molar-refractivity contribution in [2.24, 2.45) is 12.8 Å². The fraction of sp³-hybridized carbons (Fsp3) is 0.167. The fourth-order valence-electron chi connectivity index (χ4n) is 1.68. The maximum absolute atomic E-state index is 12.2. The van der Waals surface area contributed by atoms with Crippen LogP contribution in [0.5, 0.6) is 0 Å². The normalized spacial score (nSPS) is 11.5. The first-order valence-corrected chi connectivity index (χ1v) is 8.13. The fourth-order valence-corrected chi connectivity index (χ4v) is 3.33. The van der Waals surface area contributed by atoms with E-state index < -0.39 is 10.0 Å². The molecule has 0 aliphatic carbocycles. The van der Waals surface area contributed by atoms with Gasteiger partial charge in [0.25, 0.3) is 0 Å². The lowest BCUT2D eigenvalue weighted by Crippen LogP contribution is -2.25. The molecule has 0 atom stereocenters. The molecule has 1 aromatic heterocycles. The van der Waals surface area contributed by atoms with Crippen molar-refractivity contribution in [3.63, 3.8) is 0 Å². The van der Waals surface area contributed by atoms with Crippen molar-refractivity contribution in [2.75, 3.05) is 0 Å². The number of nitrogens with zero attached hydrogens (tertiary/aromatic N) is 2. The van der Waals surface area contributed by atoms with E-state index in [-0.39, 0.29) is 21.5 Å². The molecule has 21 heavy (non-hydrogen) atoms. The third kappa shape index (κ3) is 3.59. The number of hydrogen-bond donors (Lipinski definition) is 2. The van der Waals surface area contributed by atoms with Gasteiger partial charge in [-0.05, 0) is 12.1 Å². The summed E-state index contributed by atoms with van der Waals surface area (Å²) in [4.78, 5) is 4.17. The van der Waals surface area contributed by atoms with Crippen molar-refractivity contribution < 1.29 is 8.42 Å². The number of aromatic nitrogens is 2. The lowest BCUT2D eigenvalue weighted by molar-refractivity contribution is 0.577. The molecule has 0 bridgehead atoms. The summed E-state index contributed by atoms with van der Waals surface area (Å²) in [5.41, 5.74) is 5.99. The highest BCUT2D eigenvalue weighted by molar-refractivity contribution is 7.89. The summed E-state index contributed by atoms with van der Waals surface area (Å²) in [6.45, 7) is 0.0687. The second-order valence-electron chi connectivity index (χ2n) is 4.29. The summed E-state index contributed by atoms with van der Waals surface area (Å²) in [5, 5.41) is 0.0626. The van der Waals surface area contributed by atoms with Crippen LogP contribution in [0.25, 0.3) is 0 Å². The summed E-state index contributed by atoms with van der Waals surface area (Å²) in [6, 6.07) is 4.32. The number of benzene rings is 1. The van der Waals surface area contributed by atoms with Gasteiger partial charge >= 0.3 is 0 Å². The van der Waals surface area contributed by atoms with Crippen LogP contribution in [-0.4, -0.2) is 23.0 Å². The van der Waals surface area contributed by atoms with Crippen LogP contribution in [0, 0.1) is 0 Å². The molecule has 112 valence electrons. The van der Waals surface area contributed by atoms with Crippen molar-refractivity contribution in [1.29, 1.82) is 0 Å². The van der Waals surface area contributed by atoms with Crippen molar-refractivity contribution in [1.82, 2.24) is 14.3 Å². The molecule has 1 aromatic carbocycles. The summed E-state index contributed by atoms with van der Waals surface area (Å²) in [6.07, 6.45) is 3.32. The number of sulfonamides is 1. The molecule has 2 aromatic rings. The molecule has 0 aliphatic heterocycles. The highest BCUT2D eigenvalue weighted by Gasteiger charge is 2.19. The lowest BCUT2D eigenvalue weighted by atomic mass is 10.2. The first-order valence-electron chi connectivity index (χ1n) is 5.86. The predicted molar refractivity (Wildman–Crippen MR) is 84.6 cm³/mol. The van der Waals surface area contributed by atoms with Crippen molar-refractivity contribution in [2.45, 2.75) is 11.4 Å². The number of imidazole rings is 1. The highest BCUT2D eigenvalue weighted by atomic mass is 35.5. The molecule has 1 heterocycles. The number of rotatable bonds is 5. The maximum Gasteiger partial charge on any atom is 0.242 e. The van der Waals surface area contributed by atoms with Gasteiger partial charge in [-0.3, -0.25) is 0 Å². The third-order valence-electron chi connectivity index (χ3n) is 2.85. The molecule has 0 radical (unpaired) electrons. The molecule has 0 aliphatic rings. The molecule has 0 fully saturated rings. The van der Waals surface area contributed by atoms with Crippen LogP contribution in [0.15, 0.2) is 35.5 Å². The van der Waals surface area contributed by atoms with Gasteiger partial charge in [0.05, 0.1) is 11.6 Å². The molecule has 0 unspecified atom stereocenters. The summed E-state index contributed by atoms with van der Waals surface area (Å²) >= 11 is 10.8. The minimum absolute atomic E-state index is 0.0293. The molecule has 0 saturated heterocycles. The average molecular weight is 345 g/mol. The first kappa shape index (κ1) is 15.9. The summed E-state index contributed by atoms with van der Waals surface area (Å²) in [7, 11) is -1.97. The van der Waals surface area contributed by atoms with E-state index in [1.807, 2.05) is 0 Å². The van der Waals surface area contributed by atoms with Crippen LogP contribution in [0.2, 0.25) is 5.02 Å². The molecular formula is C12H13ClN4O2S2. The topological polar surface area (TPSA) is 90.0 Å². The Morgan fingerprint density at radius 1 is 1.52 bits per heavy atom. The SMILES string of the molecule is Cn1ccnc1CNS(=O)(=O)c1ccc(C(N)=S)cc1Cl. The van der Waals surface area contributed by atoms with Gasteiger partial charge in [-0.15, -0.1) is 0 Å². The number of aryl methyl sites for hydroxylation is 1. The second kappa shape index (κ2) is 6.10. The minimum atomic E-state index is -3.75. The van der Waals surface area contributed by atoms with Crippen LogP contribution in [0.3, 0.4) is 0 Å². The number of nitrogens with one attached hydrogen (secondary N) is 1. The smallest absolute Gasteiger partial charge is 0.242 e. The van der Waals surface area contributed by atoms with Gasteiger partial charge in [0, 0.05) is 25.0 Å². The van der Waals surface area contributed by atoms with Crippen LogP contribution in [-0.2, 0) is 23.6 Å². The molecule has 0 saturated carbocycles. The van der Waals surface area contributed by atoms with Gasteiger partial charge in [-0.2, -0.15) is 0 Å². The van der Waals surface area contributed by atoms with E-state index in [4.69, 9.17) is 29.6 Å². The van der Waals surface area contributed by atoms with E-state index in [9.17, 15) is 8.42 Å². The zero-order valence-corrected chi connectivity index (χ0v) is 13.5. The Labute approximate surface area is 133 Å². The van der Waals surface area contributed by atoms with Gasteiger partial charge < -0.3 is 10.3 Å². The largest absolute Gasteiger partial charge is 0.389 e. The quantitative estimate of drug-likeness (QED) is 0.795. The van der Waals surface area contributed by atoms with E-state index in [0.717, 1.165) is 0 Å². The highest BCUT2D eigenvalue weighted by Crippen LogP contribution is 2.22. The Morgan fingerprint density at radius 2 is 2.24 bits per heavy atom. The number of hydrogen-bond acceptors (Lipinski definition) is 4. The second-order valence-corrected chi connectivity index (χ2v) is 6.87. The number of nitrogens with two attached hydrogens (primary N) is 1. The first-order chi connectivity index (χ1) is 9.81. The Morgan fingerprint density at radius 3 is 2.76 bits per heavy atom. The van der Waals surface area contributed by atoms with E-state index in [1.165, 1.54) is 18.2 Å². The van der Waals surface area contributed by atoms with Crippen LogP contribution in [0.4, 0.5) is 0 Å². The van der Waals surface area contributed by atoms with Crippen LogP contribution >= 0.6 is 23.8 Å². The molecular weight excluding hydrogens is 332 g/mol. The summed E-state index contributed by atoms with van der Waals surface area (Å²) < 4.78 is 28.7. The van der Waals surface area contributed by atoms with E-state index in [2.05, 4.69) is 9.71 Å². The Balaban J connectivity index is 2.23. The monoisotopic (exact) mass is 344 g/mol. The van der Waals surface area contributed by atoms with Crippen LogP contribution in [0.1, 0.15) is 11.4 Å². The van der Waals surface area contributed by atoms with Gasteiger partial charge in [0.15, 0.2) is 0 Å². The molecule has 0 amide bonds. The zero-order valence-electron chi connectivity index (χ0n) is 11.1. The molecule has 6 nitrogen and oxygen atoms in total. The Kier molecular flexibility index (Phi) is 4.62. The average Bonchev–Trinajstić information content (AvgIpc) is 2.81. The summed E-state index contributed by atoms with van der Waals surface area (Å²) in [5.74, 6) is 0.592. The maximum atomic E-state index is 12.2. The Hall–Kier alpha value is -1.48. The molecule has 2 rings (SSSR count). The van der Waals surface area contributed by atoms with Crippen LogP contribution < -0.4 is 10.5 Å². The van der Waals surface area contributed by atoms with Crippen molar-refractivity contribution >= 4 is 38.8 Å². The van der Waals surface area contributed by atoms with E-state index in [0.29, 0.717) is 11.4 Å². The van der Waals surface area contributed by atoms with Crippen molar-refractivity contribution in [3.05, 3.63) is 47.0 Å². The molecule has 0 spiro atoms. The molecule has 9 heteroatoms. The Bertz CT molecular complexity index is 786. The van der Waals surface area contributed by atoms with Crippen molar-refractivity contribution in [3.8, 4) is 0 Å². The number of halogens is 1. The zero-order chi connectivity index (χ0) is 15.6. The number of thiocarbonyl (C=S) groups is 1.